The summed E-state index contributed by atoms with van der Waals surface area (Å²) in [5.41, 5.74) is 4.36. The second kappa shape index (κ2) is 8.00. The molecule has 2 heterocycles. The summed E-state index contributed by atoms with van der Waals surface area (Å²) < 4.78 is 0. The first-order valence-electron chi connectivity index (χ1n) is 9.18. The van der Waals surface area contributed by atoms with E-state index in [1.165, 1.54) is 17.0 Å². The van der Waals surface area contributed by atoms with Crippen molar-refractivity contribution in [3.05, 3.63) is 59.5 Å². The summed E-state index contributed by atoms with van der Waals surface area (Å²) in [6.45, 7) is 4.30. The van der Waals surface area contributed by atoms with E-state index in [1.807, 2.05) is 5.38 Å². The van der Waals surface area contributed by atoms with E-state index in [4.69, 9.17) is 5.11 Å². The van der Waals surface area contributed by atoms with Gasteiger partial charge in [-0.05, 0) is 43.4 Å². The minimum atomic E-state index is -0.928. The molecule has 0 bridgehead atoms. The van der Waals surface area contributed by atoms with Crippen LogP contribution in [0.4, 0.5) is 16.5 Å². The van der Waals surface area contributed by atoms with Gasteiger partial charge < -0.3 is 20.2 Å². The van der Waals surface area contributed by atoms with E-state index < -0.39 is 5.97 Å². The number of hydrogen-bond acceptors (Lipinski definition) is 6. The van der Waals surface area contributed by atoms with Crippen molar-refractivity contribution in [2.45, 2.75) is 0 Å². The number of nitrogens with zero attached hydrogens (tertiary/aromatic N) is 3. The molecule has 3 aromatic rings. The molecule has 144 valence electrons. The van der Waals surface area contributed by atoms with Gasteiger partial charge in [0.2, 0.25) is 0 Å². The maximum atomic E-state index is 10.9. The number of aromatic nitrogens is 1. The first-order valence-corrected chi connectivity index (χ1v) is 10.1. The lowest BCUT2D eigenvalue weighted by atomic mass is 10.1. The number of thiazole rings is 1. The lowest BCUT2D eigenvalue weighted by Crippen LogP contribution is -2.44. The molecule has 1 saturated heterocycles. The van der Waals surface area contributed by atoms with E-state index in [-0.39, 0.29) is 5.56 Å². The lowest BCUT2D eigenvalue weighted by molar-refractivity contribution is 0.0697. The summed E-state index contributed by atoms with van der Waals surface area (Å²) in [6.07, 6.45) is 0. The highest BCUT2D eigenvalue weighted by Crippen LogP contribution is 2.29. The van der Waals surface area contributed by atoms with Crippen molar-refractivity contribution < 1.29 is 9.90 Å². The number of rotatable bonds is 5. The molecule has 7 heteroatoms. The van der Waals surface area contributed by atoms with Gasteiger partial charge in [-0.2, -0.15) is 0 Å². The van der Waals surface area contributed by atoms with Crippen molar-refractivity contribution >= 4 is 33.8 Å². The Labute approximate surface area is 168 Å². The van der Waals surface area contributed by atoms with Crippen molar-refractivity contribution in [3.63, 3.8) is 0 Å². The van der Waals surface area contributed by atoms with Crippen LogP contribution < -0.4 is 10.2 Å². The maximum Gasteiger partial charge on any atom is 0.335 e. The average molecular weight is 395 g/mol. The number of benzene rings is 2. The lowest BCUT2D eigenvalue weighted by Gasteiger charge is -2.34. The summed E-state index contributed by atoms with van der Waals surface area (Å²) >= 11 is 1.53. The number of carboxylic acids is 1. The molecule has 2 aromatic carbocycles. The zero-order chi connectivity index (χ0) is 19.5. The summed E-state index contributed by atoms with van der Waals surface area (Å²) in [7, 11) is 2.16. The number of piperazine rings is 1. The van der Waals surface area contributed by atoms with Crippen LogP contribution in [0.5, 0.6) is 0 Å². The van der Waals surface area contributed by atoms with Crippen LogP contribution in [0.2, 0.25) is 0 Å². The number of carbonyl (C=O) groups is 1. The van der Waals surface area contributed by atoms with Crippen molar-refractivity contribution in [3.8, 4) is 11.3 Å². The quantitative estimate of drug-likeness (QED) is 0.682. The predicted octanol–water partition coefficient (Wildman–Crippen LogP) is 4.00. The van der Waals surface area contributed by atoms with E-state index in [9.17, 15) is 4.79 Å². The molecule has 0 atom stereocenters. The molecule has 0 amide bonds. The number of hydrogen-bond donors (Lipinski definition) is 2. The highest BCUT2D eigenvalue weighted by Gasteiger charge is 2.14. The Balaban J connectivity index is 1.43. The van der Waals surface area contributed by atoms with Crippen LogP contribution in [0.3, 0.4) is 0 Å². The number of carboxylic acid groups (broad SMARTS) is 1. The van der Waals surface area contributed by atoms with E-state index in [0.717, 1.165) is 48.3 Å². The van der Waals surface area contributed by atoms with Crippen LogP contribution in [0.25, 0.3) is 11.3 Å². The Hall–Kier alpha value is -2.90. The Morgan fingerprint density at radius 1 is 1.04 bits per heavy atom. The Morgan fingerprint density at radius 3 is 2.36 bits per heavy atom. The van der Waals surface area contributed by atoms with Gasteiger partial charge in [-0.1, -0.05) is 12.1 Å². The first-order chi connectivity index (χ1) is 13.6. The molecule has 28 heavy (non-hydrogen) atoms. The molecule has 0 spiro atoms. The number of likely N-dealkylation sites (N-methyl/N-ethyl adjacent to an activating group) is 1. The summed E-state index contributed by atoms with van der Waals surface area (Å²) in [6, 6.07) is 15.2. The van der Waals surface area contributed by atoms with Crippen LogP contribution in [-0.2, 0) is 0 Å². The minimum Gasteiger partial charge on any atom is -0.478 e. The molecule has 6 nitrogen and oxygen atoms in total. The molecule has 0 unspecified atom stereocenters. The third-order valence-electron chi connectivity index (χ3n) is 4.92. The van der Waals surface area contributed by atoms with Gasteiger partial charge in [-0.25, -0.2) is 9.78 Å². The molecule has 1 fully saturated rings. The topological polar surface area (TPSA) is 68.7 Å². The predicted molar refractivity (Wildman–Crippen MR) is 114 cm³/mol. The Morgan fingerprint density at radius 2 is 1.71 bits per heavy atom. The summed E-state index contributed by atoms with van der Waals surface area (Å²) in [5.74, 6) is -0.928. The largest absolute Gasteiger partial charge is 0.478 e. The third kappa shape index (κ3) is 4.16. The van der Waals surface area contributed by atoms with Crippen molar-refractivity contribution in [2.75, 3.05) is 43.4 Å². The van der Waals surface area contributed by atoms with Crippen molar-refractivity contribution in [1.29, 1.82) is 0 Å². The number of nitrogens with one attached hydrogen (secondary N) is 1. The Kier molecular flexibility index (Phi) is 5.27. The van der Waals surface area contributed by atoms with Crippen LogP contribution in [-0.4, -0.2) is 54.2 Å². The zero-order valence-corrected chi connectivity index (χ0v) is 16.4. The highest BCUT2D eigenvalue weighted by atomic mass is 32.1. The summed E-state index contributed by atoms with van der Waals surface area (Å²) in [5, 5.41) is 15.0. The van der Waals surface area contributed by atoms with Crippen LogP contribution in [0.15, 0.2) is 53.9 Å². The van der Waals surface area contributed by atoms with Gasteiger partial charge in [0.05, 0.1) is 11.3 Å². The average Bonchev–Trinajstić information content (AvgIpc) is 3.18. The zero-order valence-electron chi connectivity index (χ0n) is 15.6. The van der Waals surface area contributed by atoms with Gasteiger partial charge in [-0.3, -0.25) is 0 Å². The molecule has 1 aromatic heterocycles. The van der Waals surface area contributed by atoms with Crippen molar-refractivity contribution in [1.82, 2.24) is 9.88 Å². The second-order valence-electron chi connectivity index (χ2n) is 6.88. The normalized spacial score (nSPS) is 14.8. The fraction of sp³-hybridized carbons (Fsp3) is 0.238. The van der Waals surface area contributed by atoms with Gasteiger partial charge >= 0.3 is 5.97 Å². The van der Waals surface area contributed by atoms with Gasteiger partial charge in [0.1, 0.15) is 0 Å². The third-order valence-corrected chi connectivity index (χ3v) is 5.68. The minimum absolute atomic E-state index is 0.269. The van der Waals surface area contributed by atoms with Gasteiger partial charge in [0.15, 0.2) is 5.13 Å². The van der Waals surface area contributed by atoms with Crippen molar-refractivity contribution in [2.24, 2.45) is 0 Å². The molecule has 1 aliphatic heterocycles. The molecule has 2 N–H and O–H groups in total. The SMILES string of the molecule is CN1CCN(c2ccc(-c3csc(Nc4ccc(C(=O)O)cc4)n3)cc2)CC1. The van der Waals surface area contributed by atoms with Gasteiger partial charge in [0, 0.05) is 48.5 Å². The fourth-order valence-electron chi connectivity index (χ4n) is 3.19. The van der Waals surface area contributed by atoms with E-state index >= 15 is 0 Å². The number of aromatic carboxylic acids is 1. The molecular formula is C21H22N4O2S. The first kappa shape index (κ1) is 18.5. The number of anilines is 3. The van der Waals surface area contributed by atoms with Gasteiger partial charge in [-0.15, -0.1) is 11.3 Å². The van der Waals surface area contributed by atoms with Crippen LogP contribution >= 0.6 is 11.3 Å². The van der Waals surface area contributed by atoms with E-state index in [2.05, 4.69) is 51.4 Å². The molecule has 0 saturated carbocycles. The fourth-order valence-corrected chi connectivity index (χ4v) is 3.93. The van der Waals surface area contributed by atoms with Gasteiger partial charge in [0.25, 0.3) is 0 Å². The highest BCUT2D eigenvalue weighted by molar-refractivity contribution is 7.14. The molecular weight excluding hydrogens is 372 g/mol. The molecule has 1 aliphatic rings. The monoisotopic (exact) mass is 394 g/mol. The molecule has 0 radical (unpaired) electrons. The molecule has 4 rings (SSSR count). The Bertz CT molecular complexity index is 945. The van der Waals surface area contributed by atoms with E-state index in [1.54, 1.807) is 24.3 Å². The van der Waals surface area contributed by atoms with E-state index in [0.29, 0.717) is 0 Å². The maximum absolute atomic E-state index is 10.9. The van der Waals surface area contributed by atoms with Crippen LogP contribution in [0.1, 0.15) is 10.4 Å². The second-order valence-corrected chi connectivity index (χ2v) is 7.74. The molecule has 0 aliphatic carbocycles. The van der Waals surface area contributed by atoms with Crippen LogP contribution in [0, 0.1) is 0 Å². The standard InChI is InChI=1S/C21H22N4O2S/c1-24-10-12-25(13-11-24)18-8-4-15(5-9-18)19-14-28-21(23-19)22-17-6-2-16(3-7-17)20(26)27/h2-9,14H,10-13H2,1H3,(H,22,23)(H,26,27). The summed E-state index contributed by atoms with van der Waals surface area (Å²) in [4.78, 5) is 20.4. The smallest absolute Gasteiger partial charge is 0.335 e.